The molecule has 144 valence electrons. The van der Waals surface area contributed by atoms with Gasteiger partial charge < -0.3 is 4.74 Å². The molecule has 1 aliphatic carbocycles. The molecule has 3 amide bonds. The first-order chi connectivity index (χ1) is 13.2. The number of rotatable bonds is 2. The number of hydrogen-bond acceptors (Lipinski definition) is 4. The van der Waals surface area contributed by atoms with Crippen LogP contribution in [-0.4, -0.2) is 30.4 Å². The van der Waals surface area contributed by atoms with Crippen LogP contribution in [0, 0.1) is 18.2 Å². The van der Waals surface area contributed by atoms with Gasteiger partial charge in [-0.25, -0.2) is 4.39 Å². The predicted molar refractivity (Wildman–Crippen MR) is 89.9 cm³/mol. The Kier molecular flexibility index (Phi) is 3.96. The molecule has 0 bridgehead atoms. The van der Waals surface area contributed by atoms with E-state index in [-0.39, 0.29) is 16.8 Å². The summed E-state index contributed by atoms with van der Waals surface area (Å²) in [6, 6.07) is 1.93. The first-order valence-corrected chi connectivity index (χ1v) is 8.49. The Morgan fingerprint density at radius 3 is 2.75 bits per heavy atom. The molecule has 2 aliphatic heterocycles. The van der Waals surface area contributed by atoms with Gasteiger partial charge in [-0.05, 0) is 30.9 Å². The number of alkyl halides is 2. The highest BCUT2D eigenvalue weighted by Crippen LogP contribution is 2.46. The second-order valence-corrected chi connectivity index (χ2v) is 6.68. The van der Waals surface area contributed by atoms with Gasteiger partial charge in [0, 0.05) is 23.1 Å². The number of imide groups is 1. The number of fused-ring (bicyclic) bond motifs is 1. The molecule has 3 aliphatic rings. The van der Waals surface area contributed by atoms with Gasteiger partial charge in [0.1, 0.15) is 5.82 Å². The van der Waals surface area contributed by atoms with Crippen molar-refractivity contribution in [2.24, 2.45) is 0 Å². The fourth-order valence-corrected chi connectivity index (χ4v) is 3.88. The van der Waals surface area contributed by atoms with Crippen molar-refractivity contribution in [1.82, 2.24) is 5.32 Å². The monoisotopic (exact) mass is 390 g/mol. The molecule has 0 saturated heterocycles. The van der Waals surface area contributed by atoms with Crippen molar-refractivity contribution in [3.05, 3.63) is 34.7 Å². The van der Waals surface area contributed by atoms with Crippen LogP contribution >= 0.6 is 0 Å². The van der Waals surface area contributed by atoms with Crippen LogP contribution in [0.25, 0.3) is 0 Å². The van der Waals surface area contributed by atoms with Crippen molar-refractivity contribution in [3.8, 4) is 18.1 Å². The van der Waals surface area contributed by atoms with E-state index in [1.807, 2.05) is 0 Å². The summed E-state index contributed by atoms with van der Waals surface area (Å²) in [7, 11) is 0. The predicted octanol–water partition coefficient (Wildman–Crippen LogP) is 2.00. The number of carbonyl (C=O) groups excluding carboxylic acids is 3. The van der Waals surface area contributed by atoms with E-state index in [0.29, 0.717) is 29.7 Å². The van der Waals surface area contributed by atoms with Crippen LogP contribution in [0.2, 0.25) is 0 Å². The summed E-state index contributed by atoms with van der Waals surface area (Å²) in [4.78, 5) is 36.7. The third-order valence-corrected chi connectivity index (χ3v) is 5.07. The summed E-state index contributed by atoms with van der Waals surface area (Å²) in [6.45, 7) is -0.465. The zero-order chi connectivity index (χ0) is 20.2. The molecule has 28 heavy (non-hydrogen) atoms. The van der Waals surface area contributed by atoms with Crippen LogP contribution in [0.5, 0.6) is 5.75 Å². The molecule has 1 unspecified atom stereocenters. The van der Waals surface area contributed by atoms with Crippen molar-refractivity contribution in [2.75, 3.05) is 11.4 Å². The first kappa shape index (κ1) is 18.1. The number of benzene rings is 1. The number of carbonyl (C=O) groups is 3. The van der Waals surface area contributed by atoms with Crippen molar-refractivity contribution in [3.63, 3.8) is 0 Å². The van der Waals surface area contributed by atoms with E-state index in [9.17, 15) is 27.6 Å². The molecule has 0 spiro atoms. The molecular weight excluding hydrogens is 377 g/mol. The van der Waals surface area contributed by atoms with Gasteiger partial charge in [0.2, 0.25) is 0 Å². The van der Waals surface area contributed by atoms with Gasteiger partial charge in [0.05, 0.1) is 12.2 Å². The second-order valence-electron chi connectivity index (χ2n) is 6.68. The number of terminal acetylenes is 1. The molecule has 1 N–H and O–H groups in total. The topological polar surface area (TPSA) is 75.7 Å². The van der Waals surface area contributed by atoms with Gasteiger partial charge in [-0.15, -0.1) is 6.42 Å². The second kappa shape index (κ2) is 6.12. The molecule has 1 atom stereocenters. The van der Waals surface area contributed by atoms with Crippen molar-refractivity contribution < 1.29 is 32.3 Å². The van der Waals surface area contributed by atoms with Crippen LogP contribution in [0.15, 0.2) is 23.3 Å². The number of nitrogens with zero attached hydrogens (tertiary/aromatic N) is 1. The zero-order valence-electron chi connectivity index (χ0n) is 14.4. The molecular formula is C19H13F3N2O4. The van der Waals surface area contributed by atoms with Crippen molar-refractivity contribution in [2.45, 2.75) is 31.3 Å². The number of amides is 3. The lowest BCUT2D eigenvalue weighted by molar-refractivity contribution is -0.192. The maximum absolute atomic E-state index is 14.8. The van der Waals surface area contributed by atoms with E-state index >= 15 is 0 Å². The third kappa shape index (κ3) is 2.56. The molecule has 0 fully saturated rings. The lowest BCUT2D eigenvalue weighted by Crippen LogP contribution is -2.51. The molecule has 0 saturated carbocycles. The van der Waals surface area contributed by atoms with E-state index in [1.165, 1.54) is 6.07 Å². The molecule has 1 aromatic carbocycles. The van der Waals surface area contributed by atoms with Crippen LogP contribution < -0.4 is 15.0 Å². The van der Waals surface area contributed by atoms with E-state index in [2.05, 4.69) is 16.0 Å². The van der Waals surface area contributed by atoms with Crippen LogP contribution in [0.1, 0.15) is 30.7 Å². The number of nitrogens with one attached hydrogen (secondary N) is 1. The Morgan fingerprint density at radius 2 is 2.04 bits per heavy atom. The Balaban J connectivity index is 1.85. The van der Waals surface area contributed by atoms with Gasteiger partial charge in [0.15, 0.2) is 5.75 Å². The summed E-state index contributed by atoms with van der Waals surface area (Å²) in [5, 5.41) is 2.20. The lowest BCUT2D eigenvalue weighted by Gasteiger charge is -2.33. The summed E-state index contributed by atoms with van der Waals surface area (Å²) < 4.78 is 46.8. The highest BCUT2D eigenvalue weighted by Gasteiger charge is 2.51. The Hall–Kier alpha value is -3.28. The molecule has 0 radical (unpaired) electrons. The number of anilines is 1. The molecule has 2 heterocycles. The average molecular weight is 390 g/mol. The molecule has 4 rings (SSSR count). The number of halogens is 3. The van der Waals surface area contributed by atoms with Gasteiger partial charge in [0.25, 0.3) is 11.8 Å². The van der Waals surface area contributed by atoms with Gasteiger partial charge >= 0.3 is 12.0 Å². The average Bonchev–Trinajstić information content (AvgIpc) is 2.93. The van der Waals surface area contributed by atoms with Gasteiger partial charge in [-0.1, -0.05) is 5.92 Å². The molecule has 0 aromatic heterocycles. The maximum Gasteiger partial charge on any atom is 0.483 e. The fourth-order valence-electron chi connectivity index (χ4n) is 3.88. The summed E-state index contributed by atoms with van der Waals surface area (Å²) in [5.41, 5.74) is 0.381. The normalized spacial score (nSPS) is 23.0. The summed E-state index contributed by atoms with van der Waals surface area (Å²) in [5.74, 6) is -2.80. The van der Waals surface area contributed by atoms with Crippen molar-refractivity contribution in [1.29, 1.82) is 0 Å². The number of ether oxygens (including phenoxy) is 1. The van der Waals surface area contributed by atoms with Gasteiger partial charge in [-0.2, -0.15) is 8.78 Å². The maximum atomic E-state index is 14.8. The minimum absolute atomic E-state index is 0.0134. The van der Waals surface area contributed by atoms with Crippen LogP contribution in [0.3, 0.4) is 0 Å². The smallest absolute Gasteiger partial charge is 0.423 e. The number of hydrogen-bond donors (Lipinski definition) is 1. The minimum Gasteiger partial charge on any atom is -0.423 e. The zero-order valence-corrected chi connectivity index (χ0v) is 14.4. The highest BCUT2D eigenvalue weighted by molar-refractivity contribution is 6.20. The van der Waals surface area contributed by atoms with Crippen LogP contribution in [0.4, 0.5) is 18.9 Å². The van der Waals surface area contributed by atoms with Crippen molar-refractivity contribution >= 4 is 23.4 Å². The van der Waals surface area contributed by atoms with E-state index in [4.69, 9.17) is 6.42 Å². The largest absolute Gasteiger partial charge is 0.483 e. The van der Waals surface area contributed by atoms with E-state index in [0.717, 1.165) is 6.07 Å². The van der Waals surface area contributed by atoms with Gasteiger partial charge in [-0.3, -0.25) is 24.6 Å². The molecule has 9 heteroatoms. The first-order valence-electron chi connectivity index (χ1n) is 8.49. The lowest BCUT2D eigenvalue weighted by atomic mass is 9.79. The van der Waals surface area contributed by atoms with E-state index < -0.39 is 47.9 Å². The standard InChI is InChI=1S/C19H13F3N2O4/c1-2-6-24-13-7-11(12(20)8-14(13)28-19(21,22)18(24)27)9-4-3-5-10-15(9)17(26)23-16(10)25/h1,7-9H,3-6H2,(H,23,25,26). The summed E-state index contributed by atoms with van der Waals surface area (Å²) >= 11 is 0. The quantitative estimate of drug-likeness (QED) is 0.619. The SMILES string of the molecule is C#CCN1C(=O)C(F)(F)Oc2cc(F)c(C3CCCC4=C3C(=O)NC4=O)cc21. The summed E-state index contributed by atoms with van der Waals surface area (Å²) in [6.07, 6.45) is 2.33. The molecule has 6 nitrogen and oxygen atoms in total. The highest BCUT2D eigenvalue weighted by atomic mass is 19.3. The Morgan fingerprint density at radius 1 is 1.29 bits per heavy atom. The fraction of sp³-hybridized carbons (Fsp3) is 0.316. The minimum atomic E-state index is -4.17. The van der Waals surface area contributed by atoms with Crippen LogP contribution in [-0.2, 0) is 14.4 Å². The Labute approximate surface area is 157 Å². The molecule has 1 aromatic rings. The Bertz CT molecular complexity index is 1010. The third-order valence-electron chi connectivity index (χ3n) is 5.07. The van der Waals surface area contributed by atoms with E-state index in [1.54, 1.807) is 0 Å².